The average molecular weight is 265 g/mol. The number of terminal acetylenes is 1. The third-order valence-corrected chi connectivity index (χ3v) is 2.94. The molecule has 1 amide bonds. The molecule has 1 heterocycles. The van der Waals surface area contributed by atoms with Gasteiger partial charge in [-0.05, 0) is 6.07 Å². The number of carbonyl (C=O) groups excluding carboxylic acids is 1. The molecule has 96 valence electrons. The number of carbonyl (C=O) groups is 1. The van der Waals surface area contributed by atoms with E-state index in [0.29, 0.717) is 18.0 Å². The Labute approximate surface area is 110 Å². The van der Waals surface area contributed by atoms with Crippen molar-refractivity contribution < 1.29 is 4.79 Å². The highest BCUT2D eigenvalue weighted by Crippen LogP contribution is 1.96. The average Bonchev–Trinajstić information content (AvgIpc) is 2.33. The Balaban J connectivity index is 2.38. The number of nitrogen functional groups attached to an aromatic ring is 1. The zero-order chi connectivity index (χ0) is 13.4. The lowest BCUT2D eigenvalue weighted by atomic mass is 10.4. The van der Waals surface area contributed by atoms with Crippen LogP contribution in [0.3, 0.4) is 0 Å². The second-order valence-electron chi connectivity index (χ2n) is 3.54. The Morgan fingerprint density at radius 1 is 1.56 bits per heavy atom. The standard InChI is InChI=1S/C12H15N3O2S/c1-2-6-18-7-5-14-11(16)9-15-8-10(13)3-4-12(15)17/h1,3-4,8H,5-7,9,13H2,(H,14,16). The number of aromatic nitrogens is 1. The normalized spacial score (nSPS) is 9.72. The topological polar surface area (TPSA) is 77.1 Å². The number of amides is 1. The molecule has 0 aromatic carbocycles. The van der Waals surface area contributed by atoms with E-state index < -0.39 is 0 Å². The van der Waals surface area contributed by atoms with Crippen molar-refractivity contribution >= 4 is 23.4 Å². The van der Waals surface area contributed by atoms with Gasteiger partial charge in [-0.3, -0.25) is 9.59 Å². The van der Waals surface area contributed by atoms with Gasteiger partial charge < -0.3 is 15.6 Å². The van der Waals surface area contributed by atoms with Crippen LogP contribution in [0.1, 0.15) is 0 Å². The van der Waals surface area contributed by atoms with E-state index in [2.05, 4.69) is 11.2 Å². The highest BCUT2D eigenvalue weighted by molar-refractivity contribution is 7.99. The zero-order valence-corrected chi connectivity index (χ0v) is 10.7. The lowest BCUT2D eigenvalue weighted by Crippen LogP contribution is -2.33. The van der Waals surface area contributed by atoms with Gasteiger partial charge in [-0.15, -0.1) is 18.2 Å². The zero-order valence-electron chi connectivity index (χ0n) is 9.89. The molecule has 0 aliphatic rings. The summed E-state index contributed by atoms with van der Waals surface area (Å²) in [7, 11) is 0. The summed E-state index contributed by atoms with van der Waals surface area (Å²) in [5.74, 6) is 3.66. The summed E-state index contributed by atoms with van der Waals surface area (Å²) >= 11 is 1.57. The fraction of sp³-hybridized carbons (Fsp3) is 0.333. The number of hydrogen-bond donors (Lipinski definition) is 2. The van der Waals surface area contributed by atoms with E-state index in [-0.39, 0.29) is 18.0 Å². The fourth-order valence-corrected chi connectivity index (χ4v) is 1.79. The predicted molar refractivity (Wildman–Crippen MR) is 74.3 cm³/mol. The van der Waals surface area contributed by atoms with Gasteiger partial charge in [0.15, 0.2) is 0 Å². The minimum Gasteiger partial charge on any atom is -0.398 e. The largest absolute Gasteiger partial charge is 0.398 e. The number of anilines is 1. The minimum absolute atomic E-state index is 0.0241. The van der Waals surface area contributed by atoms with E-state index in [1.807, 2.05) is 0 Å². The van der Waals surface area contributed by atoms with Gasteiger partial charge in [0.25, 0.3) is 5.56 Å². The molecule has 0 atom stereocenters. The van der Waals surface area contributed by atoms with Crippen LogP contribution in [0.4, 0.5) is 5.69 Å². The molecule has 1 rings (SSSR count). The third kappa shape index (κ3) is 4.97. The van der Waals surface area contributed by atoms with Gasteiger partial charge in [-0.2, -0.15) is 0 Å². The second-order valence-corrected chi connectivity index (χ2v) is 4.64. The molecular weight excluding hydrogens is 250 g/mol. The van der Waals surface area contributed by atoms with Gasteiger partial charge in [0.05, 0.1) is 5.75 Å². The van der Waals surface area contributed by atoms with Gasteiger partial charge in [0.1, 0.15) is 6.54 Å². The van der Waals surface area contributed by atoms with Crippen molar-refractivity contribution in [1.82, 2.24) is 9.88 Å². The van der Waals surface area contributed by atoms with Crippen molar-refractivity contribution in [2.24, 2.45) is 0 Å². The summed E-state index contributed by atoms with van der Waals surface area (Å²) in [5, 5.41) is 2.71. The highest BCUT2D eigenvalue weighted by Gasteiger charge is 2.03. The van der Waals surface area contributed by atoms with Crippen LogP contribution < -0.4 is 16.6 Å². The first-order chi connectivity index (χ1) is 8.63. The SMILES string of the molecule is C#CCSCCNC(=O)Cn1cc(N)ccc1=O. The van der Waals surface area contributed by atoms with Gasteiger partial charge in [-0.25, -0.2) is 0 Å². The Morgan fingerprint density at radius 2 is 2.33 bits per heavy atom. The summed E-state index contributed by atoms with van der Waals surface area (Å²) in [5.41, 5.74) is 5.75. The first-order valence-corrected chi connectivity index (χ1v) is 6.53. The molecule has 0 fully saturated rings. The third-order valence-electron chi connectivity index (χ3n) is 2.07. The Hall–Kier alpha value is -1.87. The predicted octanol–water partition coefficient (Wildman–Crippen LogP) is -0.0869. The van der Waals surface area contributed by atoms with Crippen LogP contribution in [0, 0.1) is 12.3 Å². The number of thioether (sulfide) groups is 1. The minimum atomic E-state index is -0.249. The molecule has 0 radical (unpaired) electrons. The maximum atomic E-state index is 11.5. The monoisotopic (exact) mass is 265 g/mol. The second kappa shape index (κ2) is 7.45. The molecule has 0 spiro atoms. The summed E-state index contributed by atoms with van der Waals surface area (Å²) in [6.07, 6.45) is 6.55. The molecule has 0 saturated heterocycles. The van der Waals surface area contributed by atoms with Crippen LogP contribution in [0.15, 0.2) is 23.1 Å². The van der Waals surface area contributed by atoms with Gasteiger partial charge >= 0.3 is 0 Å². The number of rotatable bonds is 6. The van der Waals surface area contributed by atoms with Crippen molar-refractivity contribution in [3.8, 4) is 12.3 Å². The number of nitrogens with two attached hydrogens (primary N) is 1. The van der Waals surface area contributed by atoms with Crippen LogP contribution in [0.5, 0.6) is 0 Å². The summed E-state index contributed by atoms with van der Waals surface area (Å²) < 4.78 is 1.28. The lowest BCUT2D eigenvalue weighted by molar-refractivity contribution is -0.121. The molecule has 3 N–H and O–H groups in total. The Bertz CT molecular complexity index is 505. The molecular formula is C12H15N3O2S. The molecule has 18 heavy (non-hydrogen) atoms. The van der Waals surface area contributed by atoms with E-state index >= 15 is 0 Å². The van der Waals surface area contributed by atoms with Gasteiger partial charge in [0.2, 0.25) is 5.91 Å². The molecule has 6 heteroatoms. The Morgan fingerprint density at radius 3 is 3.06 bits per heavy atom. The molecule has 0 aliphatic carbocycles. The molecule has 5 nitrogen and oxygen atoms in total. The van der Waals surface area contributed by atoms with Crippen LogP contribution in [-0.4, -0.2) is 28.5 Å². The van der Waals surface area contributed by atoms with Crippen molar-refractivity contribution in [2.75, 3.05) is 23.8 Å². The van der Waals surface area contributed by atoms with Crippen LogP contribution >= 0.6 is 11.8 Å². The number of nitrogens with zero attached hydrogens (tertiary/aromatic N) is 1. The lowest BCUT2D eigenvalue weighted by Gasteiger charge is -2.07. The van der Waals surface area contributed by atoms with Crippen molar-refractivity contribution in [3.05, 3.63) is 28.7 Å². The van der Waals surface area contributed by atoms with E-state index in [4.69, 9.17) is 12.2 Å². The highest BCUT2D eigenvalue weighted by atomic mass is 32.2. The van der Waals surface area contributed by atoms with E-state index in [9.17, 15) is 9.59 Å². The number of hydrogen-bond acceptors (Lipinski definition) is 4. The smallest absolute Gasteiger partial charge is 0.251 e. The number of nitrogens with one attached hydrogen (secondary N) is 1. The fourth-order valence-electron chi connectivity index (χ4n) is 1.28. The molecule has 1 aromatic heterocycles. The quantitative estimate of drug-likeness (QED) is 0.557. The van der Waals surface area contributed by atoms with E-state index in [1.54, 1.807) is 11.8 Å². The first-order valence-electron chi connectivity index (χ1n) is 5.37. The van der Waals surface area contributed by atoms with Crippen LogP contribution in [-0.2, 0) is 11.3 Å². The van der Waals surface area contributed by atoms with Crippen LogP contribution in [0.25, 0.3) is 0 Å². The summed E-state index contributed by atoms with van der Waals surface area (Å²) in [6.45, 7) is 0.506. The van der Waals surface area contributed by atoms with E-state index in [1.165, 1.54) is 22.9 Å². The summed E-state index contributed by atoms with van der Waals surface area (Å²) in [4.78, 5) is 23.0. The molecule has 0 bridgehead atoms. The van der Waals surface area contributed by atoms with Gasteiger partial charge in [0, 0.05) is 30.2 Å². The van der Waals surface area contributed by atoms with E-state index in [0.717, 1.165) is 5.75 Å². The first kappa shape index (κ1) is 14.2. The maximum Gasteiger partial charge on any atom is 0.251 e. The Kier molecular flexibility index (Phi) is 5.88. The molecule has 1 aromatic rings. The molecule has 0 saturated carbocycles. The molecule has 0 aliphatic heterocycles. The van der Waals surface area contributed by atoms with Crippen LogP contribution in [0.2, 0.25) is 0 Å². The maximum absolute atomic E-state index is 11.5. The van der Waals surface area contributed by atoms with Gasteiger partial charge in [-0.1, -0.05) is 5.92 Å². The summed E-state index contributed by atoms with van der Waals surface area (Å²) in [6, 6.07) is 2.85. The number of pyridine rings is 1. The van der Waals surface area contributed by atoms with Crippen molar-refractivity contribution in [3.63, 3.8) is 0 Å². The van der Waals surface area contributed by atoms with Crippen molar-refractivity contribution in [1.29, 1.82) is 0 Å². The van der Waals surface area contributed by atoms with Crippen molar-refractivity contribution in [2.45, 2.75) is 6.54 Å². The molecule has 0 unspecified atom stereocenters.